The Bertz CT molecular complexity index is 1310. The van der Waals surface area contributed by atoms with Crippen LogP contribution in [0.4, 0.5) is 5.95 Å². The van der Waals surface area contributed by atoms with Crippen molar-refractivity contribution in [1.29, 1.82) is 0 Å². The second-order valence-electron chi connectivity index (χ2n) is 9.28. The normalized spacial score (nSPS) is 21.2. The summed E-state index contributed by atoms with van der Waals surface area (Å²) in [7, 11) is 0. The molecule has 0 radical (unpaired) electrons. The number of nitrogens with zero attached hydrogens (tertiary/aromatic N) is 6. The molecule has 1 aliphatic carbocycles. The fourth-order valence-electron chi connectivity index (χ4n) is 5.24. The van der Waals surface area contributed by atoms with Crippen LogP contribution in [0.2, 0.25) is 0 Å². The molecule has 1 aliphatic heterocycles. The molecule has 170 valence electrons. The van der Waals surface area contributed by atoms with Gasteiger partial charge in [-0.1, -0.05) is 0 Å². The molecule has 4 aromatic heterocycles. The lowest BCUT2D eigenvalue weighted by Crippen LogP contribution is -2.37. The largest absolute Gasteiger partial charge is 0.351 e. The summed E-state index contributed by atoms with van der Waals surface area (Å²) in [5.74, 6) is 2.03. The highest BCUT2D eigenvalue weighted by Crippen LogP contribution is 2.30. The average Bonchev–Trinajstić information content (AvgIpc) is 3.59. The third kappa shape index (κ3) is 3.71. The van der Waals surface area contributed by atoms with Gasteiger partial charge in [-0.2, -0.15) is 4.98 Å². The van der Waals surface area contributed by atoms with Gasteiger partial charge < -0.3 is 15.2 Å². The van der Waals surface area contributed by atoms with Crippen molar-refractivity contribution in [2.24, 2.45) is 5.92 Å². The molecule has 0 bridgehead atoms. The van der Waals surface area contributed by atoms with E-state index in [0.29, 0.717) is 17.9 Å². The number of rotatable bonds is 4. The second kappa shape index (κ2) is 8.13. The first-order chi connectivity index (χ1) is 16.2. The molecule has 0 spiro atoms. The van der Waals surface area contributed by atoms with Gasteiger partial charge in [-0.15, -0.1) is 10.2 Å². The highest BCUT2D eigenvalue weighted by atomic mass is 16.2. The maximum atomic E-state index is 12.7. The summed E-state index contributed by atoms with van der Waals surface area (Å²) in [6, 6.07) is 4.31. The molecule has 1 saturated carbocycles. The van der Waals surface area contributed by atoms with Crippen LogP contribution in [-0.4, -0.2) is 59.5 Å². The highest BCUT2D eigenvalue weighted by molar-refractivity contribution is 5.93. The van der Waals surface area contributed by atoms with Crippen LogP contribution in [0.5, 0.6) is 0 Å². The van der Waals surface area contributed by atoms with Crippen LogP contribution in [0.1, 0.15) is 44.3 Å². The van der Waals surface area contributed by atoms with E-state index >= 15 is 0 Å². The molecule has 2 fully saturated rings. The molecule has 2 aliphatic rings. The molecule has 0 atom stereocenters. The number of carbonyl (C=O) groups excluding carboxylic acids is 1. The summed E-state index contributed by atoms with van der Waals surface area (Å²) >= 11 is 0. The number of hydrogen-bond donors (Lipinski definition) is 2. The lowest BCUT2D eigenvalue weighted by Gasteiger charge is -2.30. The minimum absolute atomic E-state index is 0.183. The number of aromatic nitrogens is 6. The molecule has 4 aromatic rings. The van der Waals surface area contributed by atoms with E-state index in [-0.39, 0.29) is 5.92 Å². The van der Waals surface area contributed by atoms with Gasteiger partial charge in [0.15, 0.2) is 5.65 Å². The van der Waals surface area contributed by atoms with Gasteiger partial charge in [0.2, 0.25) is 11.9 Å². The van der Waals surface area contributed by atoms with E-state index in [1.807, 2.05) is 42.0 Å². The zero-order valence-corrected chi connectivity index (χ0v) is 18.8. The van der Waals surface area contributed by atoms with E-state index in [1.165, 1.54) is 0 Å². The molecule has 1 amide bonds. The first-order valence-corrected chi connectivity index (χ1v) is 11.9. The van der Waals surface area contributed by atoms with Crippen LogP contribution in [0.25, 0.3) is 27.8 Å². The van der Waals surface area contributed by atoms with Crippen molar-refractivity contribution < 1.29 is 4.79 Å². The Morgan fingerprint density at radius 3 is 2.76 bits per heavy atom. The van der Waals surface area contributed by atoms with E-state index in [4.69, 9.17) is 4.98 Å². The van der Waals surface area contributed by atoms with Gasteiger partial charge in [-0.05, 0) is 57.6 Å². The zero-order valence-electron chi connectivity index (χ0n) is 18.8. The van der Waals surface area contributed by atoms with Crippen molar-refractivity contribution in [1.82, 2.24) is 34.4 Å². The number of pyridine rings is 1. The van der Waals surface area contributed by atoms with Crippen molar-refractivity contribution in [3.8, 4) is 11.1 Å². The maximum Gasteiger partial charge on any atom is 0.225 e. The second-order valence-corrected chi connectivity index (χ2v) is 9.28. The first-order valence-electron chi connectivity index (χ1n) is 11.9. The molecular weight excluding hydrogens is 416 g/mol. The van der Waals surface area contributed by atoms with Crippen molar-refractivity contribution in [2.75, 3.05) is 18.4 Å². The number of carbonyl (C=O) groups is 1. The molecule has 2 N–H and O–H groups in total. The summed E-state index contributed by atoms with van der Waals surface area (Å²) < 4.78 is 1.98. The monoisotopic (exact) mass is 444 g/mol. The minimum atomic E-state index is 0.183. The van der Waals surface area contributed by atoms with Crippen LogP contribution >= 0.6 is 0 Å². The lowest BCUT2D eigenvalue weighted by molar-refractivity contribution is -0.135. The zero-order chi connectivity index (χ0) is 22.4. The summed E-state index contributed by atoms with van der Waals surface area (Å²) in [4.78, 5) is 27.3. The summed E-state index contributed by atoms with van der Waals surface area (Å²) in [5.41, 5.74) is 3.74. The van der Waals surface area contributed by atoms with Crippen LogP contribution in [0.15, 0.2) is 30.7 Å². The van der Waals surface area contributed by atoms with Crippen molar-refractivity contribution in [3.05, 3.63) is 36.5 Å². The topological polar surface area (TPSA) is 104 Å². The Hall–Kier alpha value is -3.49. The fourth-order valence-corrected chi connectivity index (χ4v) is 5.24. The van der Waals surface area contributed by atoms with E-state index in [9.17, 15) is 4.79 Å². The van der Waals surface area contributed by atoms with Gasteiger partial charge in [0.25, 0.3) is 0 Å². The number of nitrogens with one attached hydrogen (secondary N) is 2. The summed E-state index contributed by atoms with van der Waals surface area (Å²) in [5, 5.41) is 12.8. The number of fused-ring (bicyclic) bond motifs is 2. The van der Waals surface area contributed by atoms with Gasteiger partial charge in [-0.3, -0.25) is 9.20 Å². The Kier molecular flexibility index (Phi) is 4.96. The molecule has 6 rings (SSSR count). The molecule has 0 unspecified atom stereocenters. The Morgan fingerprint density at radius 1 is 1.12 bits per heavy atom. The van der Waals surface area contributed by atoms with Crippen molar-refractivity contribution in [2.45, 2.75) is 51.5 Å². The van der Waals surface area contributed by atoms with E-state index < -0.39 is 0 Å². The summed E-state index contributed by atoms with van der Waals surface area (Å²) in [6.07, 6.45) is 12.0. The number of aryl methyl sites for hydroxylation is 1. The summed E-state index contributed by atoms with van der Waals surface area (Å²) in [6.45, 7) is 3.82. The smallest absolute Gasteiger partial charge is 0.225 e. The third-order valence-corrected chi connectivity index (χ3v) is 7.14. The van der Waals surface area contributed by atoms with E-state index in [1.54, 1.807) is 0 Å². The average molecular weight is 445 g/mol. The highest BCUT2D eigenvalue weighted by Gasteiger charge is 2.30. The van der Waals surface area contributed by atoms with Crippen LogP contribution in [0.3, 0.4) is 0 Å². The third-order valence-electron chi connectivity index (χ3n) is 7.14. The van der Waals surface area contributed by atoms with Crippen molar-refractivity contribution in [3.63, 3.8) is 0 Å². The number of anilines is 1. The van der Waals surface area contributed by atoms with Gasteiger partial charge in [0.1, 0.15) is 11.5 Å². The number of hydrogen-bond acceptors (Lipinski definition) is 6. The van der Waals surface area contributed by atoms with E-state index in [2.05, 4.69) is 30.4 Å². The Balaban J connectivity index is 1.15. The van der Waals surface area contributed by atoms with Gasteiger partial charge in [0.05, 0.1) is 0 Å². The Morgan fingerprint density at radius 2 is 1.94 bits per heavy atom. The van der Waals surface area contributed by atoms with Gasteiger partial charge in [-0.25, -0.2) is 4.98 Å². The predicted molar refractivity (Wildman–Crippen MR) is 126 cm³/mol. The van der Waals surface area contributed by atoms with Gasteiger partial charge >= 0.3 is 0 Å². The Labute approximate surface area is 191 Å². The molecule has 5 heterocycles. The number of H-pyrrole nitrogens is 1. The molecule has 1 saturated heterocycles. The van der Waals surface area contributed by atoms with Crippen LogP contribution in [0, 0.1) is 12.8 Å². The van der Waals surface area contributed by atoms with Crippen LogP contribution < -0.4 is 5.32 Å². The molecular formula is C24H28N8O. The fraction of sp³-hybridized carbons (Fsp3) is 0.458. The quantitative estimate of drug-likeness (QED) is 0.499. The molecule has 9 heteroatoms. The SMILES string of the molecule is Cc1nnc2ccc(-c3c[nH]c4nc(N[C@H]5CC[C@@H](C(=O)N6CCCC6)CC5)ncc34)cn12. The first kappa shape index (κ1) is 20.1. The molecule has 33 heavy (non-hydrogen) atoms. The standard InChI is InChI=1S/C24H28N8O/c1-15-29-30-21-9-6-17(14-32(15)21)19-12-25-22-20(19)13-26-24(28-22)27-18-7-4-16(5-8-18)23(33)31-10-2-3-11-31/h6,9,12-14,16,18H,2-5,7-8,10-11H2,1H3,(H2,25,26,27,28)/t16-,18+. The lowest BCUT2D eigenvalue weighted by atomic mass is 9.85. The number of likely N-dealkylation sites (tertiary alicyclic amines) is 1. The van der Waals surface area contributed by atoms with Gasteiger partial charge in [0, 0.05) is 60.2 Å². The molecule has 0 aromatic carbocycles. The maximum absolute atomic E-state index is 12.7. The molecule has 9 nitrogen and oxygen atoms in total. The van der Waals surface area contributed by atoms with E-state index in [0.717, 1.165) is 85.2 Å². The van der Waals surface area contributed by atoms with Crippen LogP contribution in [-0.2, 0) is 4.79 Å². The number of aromatic amines is 1. The minimum Gasteiger partial charge on any atom is -0.351 e. The predicted octanol–water partition coefficient (Wildman–Crippen LogP) is 3.57. The number of amides is 1. The van der Waals surface area contributed by atoms with Crippen molar-refractivity contribution >= 4 is 28.5 Å².